The van der Waals surface area contributed by atoms with Crippen LogP contribution in [0, 0.1) is 0 Å². The molecule has 0 bridgehead atoms. The summed E-state index contributed by atoms with van der Waals surface area (Å²) in [5, 5.41) is 0. The molecule has 33 heavy (non-hydrogen) atoms. The highest BCUT2D eigenvalue weighted by Gasteiger charge is 2.24. The summed E-state index contributed by atoms with van der Waals surface area (Å²) in [7, 11) is -0.624. The van der Waals surface area contributed by atoms with E-state index in [1.807, 2.05) is 36.4 Å². The van der Waals surface area contributed by atoms with Crippen molar-refractivity contribution in [2.75, 3.05) is 27.4 Å². The molecule has 8 heteroatoms. The van der Waals surface area contributed by atoms with E-state index in [0.29, 0.717) is 42.8 Å². The fourth-order valence-corrected chi connectivity index (χ4v) is 4.67. The van der Waals surface area contributed by atoms with Gasteiger partial charge in [-0.25, -0.2) is 8.42 Å². The minimum absolute atomic E-state index is 0.157. The molecule has 0 aromatic heterocycles. The van der Waals surface area contributed by atoms with Gasteiger partial charge in [-0.3, -0.25) is 0 Å². The average Bonchev–Trinajstić information content (AvgIpc) is 3.08. The van der Waals surface area contributed by atoms with Crippen molar-refractivity contribution in [2.45, 2.75) is 24.5 Å². The predicted molar refractivity (Wildman–Crippen MR) is 124 cm³/mol. The first-order valence-electron chi connectivity index (χ1n) is 10.7. The standard InChI is InChI=1S/C25H27NO6S/c1-26(33(27,28)21-10-12-23-25(16-21)31-14-6-13-30-23)17-20-9-11-22(24(15-20)29-2)32-18-19-7-4-3-5-8-19/h3-5,7-12,15-16H,6,13-14,17-18H2,1-2H3. The van der Waals surface area contributed by atoms with Gasteiger partial charge >= 0.3 is 0 Å². The van der Waals surface area contributed by atoms with E-state index in [-0.39, 0.29) is 11.4 Å². The van der Waals surface area contributed by atoms with Crippen molar-refractivity contribution in [3.05, 3.63) is 77.9 Å². The van der Waals surface area contributed by atoms with Gasteiger partial charge in [0.15, 0.2) is 23.0 Å². The fourth-order valence-electron chi connectivity index (χ4n) is 3.49. The number of sulfonamides is 1. The Labute approximate surface area is 194 Å². The fraction of sp³-hybridized carbons (Fsp3) is 0.280. The van der Waals surface area contributed by atoms with Gasteiger partial charge in [-0.2, -0.15) is 4.31 Å². The zero-order valence-corrected chi connectivity index (χ0v) is 19.5. The van der Waals surface area contributed by atoms with Gasteiger partial charge in [-0.1, -0.05) is 36.4 Å². The van der Waals surface area contributed by atoms with Crippen molar-refractivity contribution < 1.29 is 27.4 Å². The Balaban J connectivity index is 1.48. The van der Waals surface area contributed by atoms with Crippen molar-refractivity contribution in [2.24, 2.45) is 0 Å². The lowest BCUT2D eigenvalue weighted by Crippen LogP contribution is -2.26. The van der Waals surface area contributed by atoms with Gasteiger partial charge in [0.1, 0.15) is 6.61 Å². The first kappa shape index (κ1) is 22.9. The molecule has 0 amide bonds. The molecule has 0 saturated carbocycles. The number of rotatable bonds is 8. The summed E-state index contributed by atoms with van der Waals surface area (Å²) in [5.41, 5.74) is 1.82. The second-order valence-electron chi connectivity index (χ2n) is 7.68. The van der Waals surface area contributed by atoms with E-state index in [1.54, 1.807) is 38.4 Å². The second kappa shape index (κ2) is 10.1. The Morgan fingerprint density at radius 2 is 1.64 bits per heavy atom. The van der Waals surface area contributed by atoms with Crippen LogP contribution < -0.4 is 18.9 Å². The minimum Gasteiger partial charge on any atom is -0.493 e. The summed E-state index contributed by atoms with van der Waals surface area (Å²) in [4.78, 5) is 0.157. The molecule has 0 spiro atoms. The molecule has 0 radical (unpaired) electrons. The molecule has 0 unspecified atom stereocenters. The maximum absolute atomic E-state index is 13.2. The Morgan fingerprint density at radius 3 is 2.39 bits per heavy atom. The van der Waals surface area contributed by atoms with E-state index in [9.17, 15) is 8.42 Å². The zero-order chi connectivity index (χ0) is 23.3. The van der Waals surface area contributed by atoms with Crippen molar-refractivity contribution >= 4 is 10.0 Å². The van der Waals surface area contributed by atoms with Gasteiger partial charge in [0.2, 0.25) is 10.0 Å². The zero-order valence-electron chi connectivity index (χ0n) is 18.7. The summed E-state index contributed by atoms with van der Waals surface area (Å²) in [6, 6.07) is 20.0. The Bertz CT molecular complexity index is 1200. The van der Waals surface area contributed by atoms with E-state index in [0.717, 1.165) is 17.5 Å². The van der Waals surface area contributed by atoms with Crippen LogP contribution in [0.5, 0.6) is 23.0 Å². The molecule has 3 aromatic carbocycles. The van der Waals surface area contributed by atoms with E-state index < -0.39 is 10.0 Å². The lowest BCUT2D eigenvalue weighted by atomic mass is 10.2. The summed E-state index contributed by atoms with van der Waals surface area (Å²) < 4.78 is 50.2. The van der Waals surface area contributed by atoms with Gasteiger partial charge in [-0.15, -0.1) is 0 Å². The largest absolute Gasteiger partial charge is 0.493 e. The molecule has 4 rings (SSSR count). The quantitative estimate of drug-likeness (QED) is 0.491. The molecule has 0 N–H and O–H groups in total. The molecule has 0 aliphatic carbocycles. The van der Waals surface area contributed by atoms with Crippen molar-refractivity contribution in [1.82, 2.24) is 4.31 Å². The van der Waals surface area contributed by atoms with E-state index in [2.05, 4.69) is 0 Å². The highest BCUT2D eigenvalue weighted by Crippen LogP contribution is 2.33. The average molecular weight is 470 g/mol. The Kier molecular flexibility index (Phi) is 7.05. The minimum atomic E-state index is -3.73. The normalized spacial score (nSPS) is 13.4. The molecule has 1 aliphatic heterocycles. The van der Waals surface area contributed by atoms with Crippen LogP contribution in [0.25, 0.3) is 0 Å². The van der Waals surface area contributed by atoms with Crippen LogP contribution in [0.1, 0.15) is 17.5 Å². The molecule has 0 fully saturated rings. The van der Waals surface area contributed by atoms with Crippen LogP contribution in [-0.2, 0) is 23.2 Å². The summed E-state index contributed by atoms with van der Waals surface area (Å²) in [5.74, 6) is 2.15. The van der Waals surface area contributed by atoms with Crippen LogP contribution in [0.2, 0.25) is 0 Å². The second-order valence-corrected chi connectivity index (χ2v) is 9.72. The van der Waals surface area contributed by atoms with Gasteiger partial charge < -0.3 is 18.9 Å². The number of ether oxygens (including phenoxy) is 4. The third-order valence-electron chi connectivity index (χ3n) is 5.30. The summed E-state index contributed by atoms with van der Waals surface area (Å²) >= 11 is 0. The monoisotopic (exact) mass is 469 g/mol. The van der Waals surface area contributed by atoms with Crippen molar-refractivity contribution in [3.63, 3.8) is 0 Å². The molecular weight excluding hydrogens is 442 g/mol. The van der Waals surface area contributed by atoms with Crippen LogP contribution in [0.3, 0.4) is 0 Å². The Hall–Kier alpha value is -3.23. The molecule has 1 aliphatic rings. The van der Waals surface area contributed by atoms with E-state index >= 15 is 0 Å². The molecule has 174 valence electrons. The number of methoxy groups -OCH3 is 1. The molecule has 0 atom stereocenters. The predicted octanol–water partition coefficient (Wildman–Crippen LogP) is 4.26. The maximum atomic E-state index is 13.2. The Morgan fingerprint density at radius 1 is 0.879 bits per heavy atom. The highest BCUT2D eigenvalue weighted by molar-refractivity contribution is 7.89. The molecule has 1 heterocycles. The molecular formula is C25H27NO6S. The SMILES string of the molecule is COc1cc(CN(C)S(=O)(=O)c2ccc3c(c2)OCCCO3)ccc1OCc1ccccc1. The van der Waals surface area contributed by atoms with E-state index in [1.165, 1.54) is 10.4 Å². The summed E-state index contributed by atoms with van der Waals surface area (Å²) in [6.07, 6.45) is 0.754. The number of hydrogen-bond acceptors (Lipinski definition) is 6. The highest BCUT2D eigenvalue weighted by atomic mass is 32.2. The summed E-state index contributed by atoms with van der Waals surface area (Å²) in [6.45, 7) is 1.62. The van der Waals surface area contributed by atoms with Crippen LogP contribution in [0.4, 0.5) is 0 Å². The van der Waals surface area contributed by atoms with Crippen molar-refractivity contribution in [3.8, 4) is 23.0 Å². The van der Waals surface area contributed by atoms with Gasteiger partial charge in [0, 0.05) is 26.1 Å². The van der Waals surface area contributed by atoms with Crippen LogP contribution in [-0.4, -0.2) is 40.1 Å². The maximum Gasteiger partial charge on any atom is 0.243 e. The third-order valence-corrected chi connectivity index (χ3v) is 7.10. The molecule has 0 saturated heterocycles. The smallest absolute Gasteiger partial charge is 0.243 e. The number of fused-ring (bicyclic) bond motifs is 1. The number of benzene rings is 3. The number of nitrogens with zero attached hydrogens (tertiary/aromatic N) is 1. The van der Waals surface area contributed by atoms with Gasteiger partial charge in [0.05, 0.1) is 25.2 Å². The van der Waals surface area contributed by atoms with E-state index in [4.69, 9.17) is 18.9 Å². The third kappa shape index (κ3) is 5.40. The molecule has 3 aromatic rings. The van der Waals surface area contributed by atoms with Gasteiger partial charge in [-0.05, 0) is 35.4 Å². The van der Waals surface area contributed by atoms with Crippen LogP contribution >= 0.6 is 0 Å². The topological polar surface area (TPSA) is 74.3 Å². The lowest BCUT2D eigenvalue weighted by Gasteiger charge is -2.19. The first-order valence-corrected chi connectivity index (χ1v) is 12.1. The number of hydrogen-bond donors (Lipinski definition) is 0. The first-order chi connectivity index (χ1) is 16.0. The molecule has 7 nitrogen and oxygen atoms in total. The van der Waals surface area contributed by atoms with Crippen molar-refractivity contribution in [1.29, 1.82) is 0 Å². The lowest BCUT2D eigenvalue weighted by molar-refractivity contribution is 0.284. The van der Waals surface area contributed by atoms with Gasteiger partial charge in [0.25, 0.3) is 0 Å². The van der Waals surface area contributed by atoms with Crippen LogP contribution in [0.15, 0.2) is 71.6 Å².